The molecule has 0 amide bonds. The maximum Gasteiger partial charge on any atom is 0.0933 e. The number of para-hydroxylation sites is 1. The van der Waals surface area contributed by atoms with Crippen LogP contribution in [0.5, 0.6) is 0 Å². The van der Waals surface area contributed by atoms with E-state index in [1.807, 2.05) is 12.3 Å². The van der Waals surface area contributed by atoms with E-state index >= 15 is 0 Å². The highest BCUT2D eigenvalue weighted by Crippen LogP contribution is 2.63. The van der Waals surface area contributed by atoms with Gasteiger partial charge < -0.3 is 5.32 Å². The number of fused-ring (bicyclic) bond motifs is 3. The number of nitrogens with one attached hydrogen (secondary N) is 1. The van der Waals surface area contributed by atoms with E-state index in [2.05, 4.69) is 55.3 Å². The van der Waals surface area contributed by atoms with Crippen LogP contribution >= 0.6 is 0 Å². The van der Waals surface area contributed by atoms with Gasteiger partial charge in [-0.05, 0) is 48.1 Å². The molecule has 1 heterocycles. The minimum atomic E-state index is 0.365. The number of hydrogen-bond donors (Lipinski definition) is 1. The third kappa shape index (κ3) is 1.81. The van der Waals surface area contributed by atoms with E-state index in [1.165, 1.54) is 30.3 Å². The normalized spacial score (nSPS) is 33.5. The molecule has 2 saturated carbocycles. The molecule has 110 valence electrons. The van der Waals surface area contributed by atoms with Gasteiger partial charge in [0, 0.05) is 17.6 Å². The molecule has 0 spiro atoms. The molecule has 3 atom stereocenters. The molecule has 2 aliphatic carbocycles. The van der Waals surface area contributed by atoms with Crippen molar-refractivity contribution >= 4 is 16.6 Å². The Balaban J connectivity index is 1.75. The van der Waals surface area contributed by atoms with Crippen molar-refractivity contribution in [3.63, 3.8) is 0 Å². The summed E-state index contributed by atoms with van der Waals surface area (Å²) in [6, 6.07) is 11.1. The Morgan fingerprint density at radius 3 is 2.71 bits per heavy atom. The Hall–Kier alpha value is -1.57. The monoisotopic (exact) mass is 280 g/mol. The van der Waals surface area contributed by atoms with Crippen LogP contribution in [0.15, 0.2) is 36.5 Å². The summed E-state index contributed by atoms with van der Waals surface area (Å²) >= 11 is 0. The van der Waals surface area contributed by atoms with Crippen molar-refractivity contribution in [1.29, 1.82) is 0 Å². The van der Waals surface area contributed by atoms with Gasteiger partial charge >= 0.3 is 0 Å². The Morgan fingerprint density at radius 1 is 1.14 bits per heavy atom. The Labute approximate surface area is 127 Å². The van der Waals surface area contributed by atoms with Gasteiger partial charge in [-0.2, -0.15) is 0 Å². The van der Waals surface area contributed by atoms with Crippen molar-refractivity contribution in [3.05, 3.63) is 36.5 Å². The predicted octanol–water partition coefficient (Wildman–Crippen LogP) is 4.86. The van der Waals surface area contributed by atoms with E-state index in [9.17, 15) is 0 Å². The summed E-state index contributed by atoms with van der Waals surface area (Å²) in [6.45, 7) is 7.36. The van der Waals surface area contributed by atoms with Gasteiger partial charge in [-0.15, -0.1) is 0 Å². The number of pyridine rings is 1. The zero-order valence-electron chi connectivity index (χ0n) is 13.2. The zero-order chi connectivity index (χ0) is 14.7. The molecule has 0 aliphatic heterocycles. The summed E-state index contributed by atoms with van der Waals surface area (Å²) in [7, 11) is 0. The molecule has 2 aliphatic rings. The van der Waals surface area contributed by atoms with Crippen LogP contribution in [-0.4, -0.2) is 11.0 Å². The smallest absolute Gasteiger partial charge is 0.0933 e. The van der Waals surface area contributed by atoms with Crippen LogP contribution in [0, 0.1) is 16.7 Å². The molecule has 4 rings (SSSR count). The lowest BCUT2D eigenvalue weighted by Gasteiger charge is -2.43. The van der Waals surface area contributed by atoms with E-state index in [-0.39, 0.29) is 0 Å². The minimum Gasteiger partial charge on any atom is -0.379 e. The Morgan fingerprint density at radius 2 is 1.95 bits per heavy atom. The number of aromatic nitrogens is 1. The third-order valence-electron chi connectivity index (χ3n) is 6.20. The van der Waals surface area contributed by atoms with Gasteiger partial charge in [0.2, 0.25) is 0 Å². The van der Waals surface area contributed by atoms with E-state index in [0.29, 0.717) is 16.9 Å². The molecule has 2 nitrogen and oxygen atoms in total. The van der Waals surface area contributed by atoms with Crippen LogP contribution in [0.25, 0.3) is 10.9 Å². The molecular weight excluding hydrogens is 256 g/mol. The fourth-order valence-electron chi connectivity index (χ4n) is 5.04. The fraction of sp³-hybridized carbons (Fsp3) is 0.526. The SMILES string of the molecule is CC1(C)C(Nc2cccc3cccnc23)[C@]2(C)CC[C@H]1C2. The van der Waals surface area contributed by atoms with Crippen molar-refractivity contribution in [2.24, 2.45) is 16.7 Å². The second kappa shape index (κ2) is 4.22. The number of benzene rings is 1. The number of rotatable bonds is 2. The van der Waals surface area contributed by atoms with Gasteiger partial charge in [-0.3, -0.25) is 4.98 Å². The van der Waals surface area contributed by atoms with Gasteiger partial charge in [-0.1, -0.05) is 39.0 Å². The number of anilines is 1. The summed E-state index contributed by atoms with van der Waals surface area (Å²) in [5, 5.41) is 5.10. The number of nitrogens with zero attached hydrogens (tertiary/aromatic N) is 1. The van der Waals surface area contributed by atoms with Crippen LogP contribution in [0.2, 0.25) is 0 Å². The predicted molar refractivity (Wildman–Crippen MR) is 88.4 cm³/mol. The first kappa shape index (κ1) is 13.1. The maximum atomic E-state index is 4.59. The summed E-state index contributed by atoms with van der Waals surface area (Å²) < 4.78 is 0. The number of hydrogen-bond acceptors (Lipinski definition) is 2. The van der Waals surface area contributed by atoms with Crippen LogP contribution in [-0.2, 0) is 0 Å². The molecule has 0 saturated heterocycles. The molecule has 1 N–H and O–H groups in total. The van der Waals surface area contributed by atoms with Crippen molar-refractivity contribution < 1.29 is 0 Å². The van der Waals surface area contributed by atoms with E-state index in [1.54, 1.807) is 0 Å². The molecule has 2 fully saturated rings. The summed E-state index contributed by atoms with van der Waals surface area (Å²) in [5.74, 6) is 0.864. The van der Waals surface area contributed by atoms with Gasteiger partial charge in [0.25, 0.3) is 0 Å². The van der Waals surface area contributed by atoms with Crippen molar-refractivity contribution in [1.82, 2.24) is 4.98 Å². The molecular formula is C19H24N2. The maximum absolute atomic E-state index is 4.59. The average Bonchev–Trinajstić information content (AvgIpc) is 2.95. The lowest BCUT2D eigenvalue weighted by molar-refractivity contribution is 0.155. The highest BCUT2D eigenvalue weighted by atomic mass is 15.0. The van der Waals surface area contributed by atoms with E-state index in [0.717, 1.165) is 11.4 Å². The van der Waals surface area contributed by atoms with Gasteiger partial charge in [0.1, 0.15) is 0 Å². The van der Waals surface area contributed by atoms with Crippen LogP contribution in [0.3, 0.4) is 0 Å². The second-order valence-electron chi connectivity index (χ2n) is 7.87. The van der Waals surface area contributed by atoms with Gasteiger partial charge in [0.05, 0.1) is 11.2 Å². The van der Waals surface area contributed by atoms with Gasteiger partial charge in [-0.25, -0.2) is 0 Å². The van der Waals surface area contributed by atoms with Crippen molar-refractivity contribution in [3.8, 4) is 0 Å². The molecule has 2 heteroatoms. The summed E-state index contributed by atoms with van der Waals surface area (Å²) in [5.41, 5.74) is 3.09. The second-order valence-corrected chi connectivity index (χ2v) is 7.87. The highest BCUT2D eigenvalue weighted by molar-refractivity contribution is 5.90. The molecule has 0 radical (unpaired) electrons. The summed E-state index contributed by atoms with van der Waals surface area (Å²) in [4.78, 5) is 4.59. The first-order chi connectivity index (χ1) is 10.0. The molecule has 1 aromatic heterocycles. The van der Waals surface area contributed by atoms with Crippen LogP contribution in [0.4, 0.5) is 5.69 Å². The topological polar surface area (TPSA) is 24.9 Å². The lowest BCUT2D eigenvalue weighted by atomic mass is 9.68. The van der Waals surface area contributed by atoms with Crippen LogP contribution in [0.1, 0.15) is 40.0 Å². The highest BCUT2D eigenvalue weighted by Gasteiger charge is 2.59. The minimum absolute atomic E-state index is 0.365. The first-order valence-electron chi connectivity index (χ1n) is 8.11. The Kier molecular flexibility index (Phi) is 2.64. The zero-order valence-corrected chi connectivity index (χ0v) is 13.2. The van der Waals surface area contributed by atoms with Gasteiger partial charge in [0.15, 0.2) is 0 Å². The van der Waals surface area contributed by atoms with Crippen molar-refractivity contribution in [2.75, 3.05) is 5.32 Å². The Bertz CT molecular complexity index is 681. The lowest BCUT2D eigenvalue weighted by Crippen LogP contribution is -2.45. The average molecular weight is 280 g/mol. The summed E-state index contributed by atoms with van der Waals surface area (Å²) in [6.07, 6.45) is 6.02. The standard InChI is InChI=1S/C19H24N2/c1-18(2)14-9-10-19(3,12-14)17(18)21-15-8-4-6-13-7-5-11-20-16(13)15/h4-8,11,14,17,21H,9-10,12H2,1-3H3/t14-,17?,19+/m0/s1. The molecule has 1 aromatic carbocycles. The van der Waals surface area contributed by atoms with Crippen molar-refractivity contribution in [2.45, 2.75) is 46.1 Å². The largest absolute Gasteiger partial charge is 0.379 e. The fourth-order valence-corrected chi connectivity index (χ4v) is 5.04. The molecule has 2 aromatic rings. The molecule has 21 heavy (non-hydrogen) atoms. The first-order valence-corrected chi connectivity index (χ1v) is 8.11. The van der Waals surface area contributed by atoms with E-state index in [4.69, 9.17) is 0 Å². The third-order valence-corrected chi connectivity index (χ3v) is 6.20. The quantitative estimate of drug-likeness (QED) is 0.849. The molecule has 1 unspecified atom stereocenters. The van der Waals surface area contributed by atoms with E-state index < -0.39 is 0 Å². The molecule has 2 bridgehead atoms. The van der Waals surface area contributed by atoms with Crippen LogP contribution < -0.4 is 5.32 Å².